The maximum atomic E-state index is 12.6. The fourth-order valence-corrected chi connectivity index (χ4v) is 2.67. The van der Waals surface area contributed by atoms with Crippen LogP contribution in [-0.2, 0) is 13.1 Å². The number of carbonyl (C=O) groups is 2. The van der Waals surface area contributed by atoms with Gasteiger partial charge in [0.05, 0.1) is 17.8 Å². The summed E-state index contributed by atoms with van der Waals surface area (Å²) in [5.74, 6) is -1.38. The maximum absolute atomic E-state index is 12.6. The van der Waals surface area contributed by atoms with Gasteiger partial charge in [-0.25, -0.2) is 4.79 Å². The lowest BCUT2D eigenvalue weighted by atomic mass is 10.2. The molecular formula is C14H13ClN4O4. The summed E-state index contributed by atoms with van der Waals surface area (Å²) in [6, 6.07) is 2.79. The van der Waals surface area contributed by atoms with E-state index >= 15 is 0 Å². The quantitative estimate of drug-likeness (QED) is 0.849. The first-order valence-electron chi connectivity index (χ1n) is 6.93. The Kier molecular flexibility index (Phi) is 3.91. The predicted molar refractivity (Wildman–Crippen MR) is 80.6 cm³/mol. The van der Waals surface area contributed by atoms with Crippen molar-refractivity contribution in [3.63, 3.8) is 0 Å². The second-order valence-electron chi connectivity index (χ2n) is 5.19. The number of carboxylic acid groups (broad SMARTS) is 1. The van der Waals surface area contributed by atoms with Crippen molar-refractivity contribution in [3.8, 4) is 0 Å². The Balaban J connectivity index is 1.87. The minimum atomic E-state index is -1.10. The zero-order valence-corrected chi connectivity index (χ0v) is 12.7. The number of aromatic amines is 1. The molecule has 0 radical (unpaired) electrons. The molecule has 3 heterocycles. The summed E-state index contributed by atoms with van der Waals surface area (Å²) in [6.07, 6.45) is 1.97. The van der Waals surface area contributed by atoms with Gasteiger partial charge in [0.25, 0.3) is 11.5 Å². The molecule has 0 atom stereocenters. The van der Waals surface area contributed by atoms with E-state index in [0.29, 0.717) is 25.2 Å². The Morgan fingerprint density at radius 1 is 1.30 bits per heavy atom. The number of halogens is 1. The first-order chi connectivity index (χ1) is 11.0. The van der Waals surface area contributed by atoms with E-state index in [2.05, 4.69) is 10.1 Å². The van der Waals surface area contributed by atoms with Gasteiger partial charge in [0.2, 0.25) is 0 Å². The van der Waals surface area contributed by atoms with Crippen LogP contribution in [0.4, 0.5) is 0 Å². The van der Waals surface area contributed by atoms with Crippen molar-refractivity contribution in [3.05, 3.63) is 50.7 Å². The zero-order valence-electron chi connectivity index (χ0n) is 12.0. The van der Waals surface area contributed by atoms with Crippen LogP contribution in [0.15, 0.2) is 23.1 Å². The van der Waals surface area contributed by atoms with Crippen LogP contribution >= 0.6 is 11.6 Å². The van der Waals surface area contributed by atoms with E-state index in [9.17, 15) is 14.4 Å². The summed E-state index contributed by atoms with van der Waals surface area (Å²) < 4.78 is 1.61. The molecule has 8 nitrogen and oxygen atoms in total. The number of nitrogens with one attached hydrogen (secondary N) is 1. The van der Waals surface area contributed by atoms with Gasteiger partial charge in [0, 0.05) is 19.3 Å². The molecule has 2 N–H and O–H groups in total. The summed E-state index contributed by atoms with van der Waals surface area (Å²) >= 11 is 5.75. The predicted octanol–water partition coefficient (Wildman–Crippen LogP) is 0.969. The molecule has 120 valence electrons. The second kappa shape index (κ2) is 5.88. The highest BCUT2D eigenvalue weighted by atomic mass is 35.5. The number of aromatic nitrogens is 3. The van der Waals surface area contributed by atoms with Crippen LogP contribution in [-0.4, -0.2) is 43.2 Å². The van der Waals surface area contributed by atoms with E-state index in [-0.39, 0.29) is 28.7 Å². The van der Waals surface area contributed by atoms with Gasteiger partial charge in [0.1, 0.15) is 5.02 Å². The second-order valence-corrected chi connectivity index (χ2v) is 5.60. The number of hydrogen-bond donors (Lipinski definition) is 2. The number of nitrogens with zero attached hydrogens (tertiary/aromatic N) is 3. The van der Waals surface area contributed by atoms with Crippen molar-refractivity contribution < 1.29 is 14.7 Å². The molecule has 0 saturated carbocycles. The number of rotatable bonds is 2. The van der Waals surface area contributed by atoms with Crippen molar-refractivity contribution in [2.75, 3.05) is 6.54 Å². The van der Waals surface area contributed by atoms with E-state index in [4.69, 9.17) is 16.7 Å². The Hall–Kier alpha value is -2.61. The molecule has 0 saturated heterocycles. The van der Waals surface area contributed by atoms with Gasteiger partial charge >= 0.3 is 5.97 Å². The molecular weight excluding hydrogens is 324 g/mol. The minimum absolute atomic E-state index is 0.0404. The molecule has 0 bridgehead atoms. The Labute approximate surface area is 135 Å². The zero-order chi connectivity index (χ0) is 16.6. The number of pyridine rings is 1. The van der Waals surface area contributed by atoms with Crippen LogP contribution < -0.4 is 5.56 Å². The topological polar surface area (TPSA) is 108 Å². The third kappa shape index (κ3) is 2.98. The number of carboxylic acids is 1. The summed E-state index contributed by atoms with van der Waals surface area (Å²) in [6.45, 7) is 1.29. The summed E-state index contributed by atoms with van der Waals surface area (Å²) in [5, 5.41) is 13.0. The van der Waals surface area contributed by atoms with Crippen LogP contribution in [0, 0.1) is 0 Å². The Morgan fingerprint density at radius 3 is 2.78 bits per heavy atom. The standard InChI is InChI=1S/C14H13ClN4O4/c15-10-4-8(6-16-12(10)20)13(21)18-2-1-3-19-9(7-18)5-11(17-19)14(22)23/h4-6H,1-3,7H2,(H,16,20)(H,22,23). The highest BCUT2D eigenvalue weighted by Crippen LogP contribution is 2.17. The van der Waals surface area contributed by atoms with Crippen LogP contribution in [0.5, 0.6) is 0 Å². The van der Waals surface area contributed by atoms with E-state index in [1.807, 2.05) is 0 Å². The molecule has 9 heteroatoms. The summed E-state index contributed by atoms with van der Waals surface area (Å²) in [5.41, 5.74) is 0.439. The van der Waals surface area contributed by atoms with Crippen LogP contribution in [0.25, 0.3) is 0 Å². The van der Waals surface area contributed by atoms with Crippen molar-refractivity contribution in [1.29, 1.82) is 0 Å². The lowest BCUT2D eigenvalue weighted by Crippen LogP contribution is -2.31. The van der Waals surface area contributed by atoms with Crippen LogP contribution in [0.2, 0.25) is 5.02 Å². The fourth-order valence-electron chi connectivity index (χ4n) is 2.50. The van der Waals surface area contributed by atoms with Crippen molar-refractivity contribution in [1.82, 2.24) is 19.7 Å². The number of carbonyl (C=O) groups excluding carboxylic acids is 1. The third-order valence-corrected chi connectivity index (χ3v) is 3.91. The van der Waals surface area contributed by atoms with E-state index in [1.54, 1.807) is 9.58 Å². The average Bonchev–Trinajstić information content (AvgIpc) is 2.82. The smallest absolute Gasteiger partial charge is 0.356 e. The van der Waals surface area contributed by atoms with Crippen LogP contribution in [0.3, 0.4) is 0 Å². The Bertz CT molecular complexity index is 842. The largest absolute Gasteiger partial charge is 0.476 e. The molecule has 0 spiro atoms. The van der Waals surface area contributed by atoms with Crippen molar-refractivity contribution >= 4 is 23.5 Å². The van der Waals surface area contributed by atoms with Gasteiger partial charge in [-0.15, -0.1) is 0 Å². The lowest BCUT2D eigenvalue weighted by Gasteiger charge is -2.20. The van der Waals surface area contributed by atoms with E-state index < -0.39 is 11.5 Å². The minimum Gasteiger partial charge on any atom is -0.476 e. The maximum Gasteiger partial charge on any atom is 0.356 e. The molecule has 1 aliphatic heterocycles. The van der Waals surface area contributed by atoms with E-state index in [1.165, 1.54) is 18.3 Å². The average molecular weight is 337 g/mol. The van der Waals surface area contributed by atoms with Gasteiger partial charge in [-0.2, -0.15) is 5.10 Å². The van der Waals surface area contributed by atoms with Gasteiger partial charge in [-0.1, -0.05) is 11.6 Å². The van der Waals surface area contributed by atoms with E-state index in [0.717, 1.165) is 0 Å². The molecule has 3 rings (SSSR count). The molecule has 0 unspecified atom stereocenters. The molecule has 0 aliphatic carbocycles. The molecule has 1 amide bonds. The number of fused-ring (bicyclic) bond motifs is 1. The third-order valence-electron chi connectivity index (χ3n) is 3.63. The molecule has 2 aromatic heterocycles. The van der Waals surface area contributed by atoms with Crippen molar-refractivity contribution in [2.45, 2.75) is 19.5 Å². The first kappa shape index (κ1) is 15.3. The van der Waals surface area contributed by atoms with Crippen LogP contribution in [0.1, 0.15) is 33.0 Å². The number of aryl methyl sites for hydroxylation is 1. The monoisotopic (exact) mass is 336 g/mol. The number of amides is 1. The summed E-state index contributed by atoms with van der Waals surface area (Å²) in [7, 11) is 0. The number of aromatic carboxylic acids is 1. The molecule has 0 fully saturated rings. The van der Waals surface area contributed by atoms with Gasteiger partial charge < -0.3 is 15.0 Å². The highest BCUT2D eigenvalue weighted by Gasteiger charge is 2.23. The molecule has 0 aromatic carbocycles. The lowest BCUT2D eigenvalue weighted by molar-refractivity contribution is 0.0689. The Morgan fingerprint density at radius 2 is 2.09 bits per heavy atom. The SMILES string of the molecule is O=C(O)c1cc2n(n1)CCCN(C(=O)c1c[nH]c(=O)c(Cl)c1)C2. The summed E-state index contributed by atoms with van der Waals surface area (Å²) in [4.78, 5) is 38.8. The van der Waals surface area contributed by atoms with Crippen molar-refractivity contribution in [2.24, 2.45) is 0 Å². The van der Waals surface area contributed by atoms with Gasteiger partial charge in [-0.3, -0.25) is 14.3 Å². The fraction of sp³-hybridized carbons (Fsp3) is 0.286. The van der Waals surface area contributed by atoms with Gasteiger partial charge in [-0.05, 0) is 18.6 Å². The molecule has 23 heavy (non-hydrogen) atoms. The highest BCUT2D eigenvalue weighted by molar-refractivity contribution is 6.30. The first-order valence-corrected chi connectivity index (χ1v) is 7.31. The molecule has 2 aromatic rings. The normalized spacial score (nSPS) is 14.2. The van der Waals surface area contributed by atoms with Gasteiger partial charge in [0.15, 0.2) is 5.69 Å². The molecule has 1 aliphatic rings. The number of H-pyrrole nitrogens is 1. The number of hydrogen-bond acceptors (Lipinski definition) is 4.